The normalized spacial score (nSPS) is 27.2. The van der Waals surface area contributed by atoms with E-state index in [9.17, 15) is 0 Å². The Hall–Kier alpha value is -1.22. The summed E-state index contributed by atoms with van der Waals surface area (Å²) in [7, 11) is 3.37. The van der Waals surface area contributed by atoms with Gasteiger partial charge in [-0.3, -0.25) is 0 Å². The zero-order valence-corrected chi connectivity index (χ0v) is 11.5. The van der Waals surface area contributed by atoms with Crippen LogP contribution in [0.4, 0.5) is 0 Å². The van der Waals surface area contributed by atoms with Crippen LogP contribution in [0.15, 0.2) is 18.2 Å². The molecule has 3 heteroatoms. The summed E-state index contributed by atoms with van der Waals surface area (Å²) in [5, 5.41) is 0. The molecule has 0 saturated heterocycles. The van der Waals surface area contributed by atoms with Gasteiger partial charge in [0, 0.05) is 11.1 Å². The summed E-state index contributed by atoms with van der Waals surface area (Å²) in [6, 6.07) is 5.89. The van der Waals surface area contributed by atoms with Gasteiger partial charge in [0.15, 0.2) is 0 Å². The van der Waals surface area contributed by atoms with Gasteiger partial charge in [-0.2, -0.15) is 0 Å². The molecule has 1 aliphatic rings. The van der Waals surface area contributed by atoms with Crippen LogP contribution in [0.3, 0.4) is 0 Å². The van der Waals surface area contributed by atoms with Gasteiger partial charge in [0.25, 0.3) is 0 Å². The van der Waals surface area contributed by atoms with Gasteiger partial charge in [0.2, 0.25) is 0 Å². The van der Waals surface area contributed by atoms with Crippen LogP contribution in [0, 0.1) is 5.92 Å². The van der Waals surface area contributed by atoms with Crippen molar-refractivity contribution in [2.75, 3.05) is 14.2 Å². The van der Waals surface area contributed by atoms with E-state index >= 15 is 0 Å². The molecule has 0 spiro atoms. The second-order valence-corrected chi connectivity index (χ2v) is 5.24. The first-order valence-corrected chi connectivity index (χ1v) is 6.64. The average molecular weight is 249 g/mol. The smallest absolute Gasteiger partial charge is 0.124 e. The van der Waals surface area contributed by atoms with Crippen LogP contribution in [0.5, 0.6) is 11.5 Å². The minimum absolute atomic E-state index is 0.263. The molecule has 2 rings (SSSR count). The van der Waals surface area contributed by atoms with Crippen LogP contribution < -0.4 is 15.2 Å². The second kappa shape index (κ2) is 5.19. The largest absolute Gasteiger partial charge is 0.497 e. The molecule has 0 radical (unpaired) electrons. The van der Waals surface area contributed by atoms with Crippen LogP contribution in [0.2, 0.25) is 0 Å². The van der Waals surface area contributed by atoms with Gasteiger partial charge >= 0.3 is 0 Å². The predicted octanol–water partition coefficient (Wildman–Crippen LogP) is 3.07. The second-order valence-electron chi connectivity index (χ2n) is 5.24. The van der Waals surface area contributed by atoms with Gasteiger partial charge in [-0.25, -0.2) is 0 Å². The van der Waals surface area contributed by atoms with E-state index in [0.29, 0.717) is 0 Å². The number of nitrogens with two attached hydrogens (primary N) is 1. The summed E-state index contributed by atoms with van der Waals surface area (Å²) in [5.41, 5.74) is 7.43. The Balaban J connectivity index is 2.36. The first-order valence-electron chi connectivity index (χ1n) is 6.64. The van der Waals surface area contributed by atoms with Crippen molar-refractivity contribution in [1.29, 1.82) is 0 Å². The first-order chi connectivity index (χ1) is 8.62. The molecule has 0 aliphatic heterocycles. The van der Waals surface area contributed by atoms with Gasteiger partial charge < -0.3 is 15.2 Å². The third-order valence-corrected chi connectivity index (χ3v) is 4.17. The Morgan fingerprint density at radius 2 is 2.11 bits per heavy atom. The third kappa shape index (κ3) is 2.32. The molecule has 100 valence electrons. The van der Waals surface area contributed by atoms with E-state index in [1.807, 2.05) is 18.2 Å². The molecule has 1 fully saturated rings. The highest BCUT2D eigenvalue weighted by atomic mass is 16.5. The quantitative estimate of drug-likeness (QED) is 0.892. The molecule has 0 bridgehead atoms. The molecule has 1 aliphatic carbocycles. The minimum atomic E-state index is -0.263. The standard InChI is InChI=1S/C15H23NO2/c1-4-11-7-8-15(16,10-11)13-9-12(17-2)5-6-14(13)18-3/h5-6,9,11H,4,7-8,10,16H2,1-3H3. The highest BCUT2D eigenvalue weighted by molar-refractivity contribution is 5.45. The molecule has 3 nitrogen and oxygen atoms in total. The maximum atomic E-state index is 6.61. The summed E-state index contributed by atoms with van der Waals surface area (Å²) in [4.78, 5) is 0. The van der Waals surface area contributed by atoms with E-state index < -0.39 is 0 Å². The molecule has 0 aromatic heterocycles. The van der Waals surface area contributed by atoms with Crippen molar-refractivity contribution in [3.63, 3.8) is 0 Å². The lowest BCUT2D eigenvalue weighted by Gasteiger charge is -2.27. The fourth-order valence-corrected chi connectivity index (χ4v) is 2.98. The zero-order valence-electron chi connectivity index (χ0n) is 11.5. The van der Waals surface area contributed by atoms with Gasteiger partial charge in [-0.1, -0.05) is 13.3 Å². The van der Waals surface area contributed by atoms with Crippen LogP contribution in [-0.4, -0.2) is 14.2 Å². The number of methoxy groups -OCH3 is 2. The van der Waals surface area contributed by atoms with E-state index in [0.717, 1.165) is 35.8 Å². The van der Waals surface area contributed by atoms with Gasteiger partial charge in [0.1, 0.15) is 11.5 Å². The molecule has 0 amide bonds. The average Bonchev–Trinajstić information content (AvgIpc) is 2.81. The number of rotatable bonds is 4. The maximum Gasteiger partial charge on any atom is 0.124 e. The summed E-state index contributed by atoms with van der Waals surface area (Å²) >= 11 is 0. The van der Waals surface area contributed by atoms with Gasteiger partial charge in [-0.05, 0) is 43.4 Å². The molecular weight excluding hydrogens is 226 g/mol. The fourth-order valence-electron chi connectivity index (χ4n) is 2.98. The molecule has 2 atom stereocenters. The number of hydrogen-bond donors (Lipinski definition) is 1. The molecule has 2 N–H and O–H groups in total. The Morgan fingerprint density at radius 3 is 2.67 bits per heavy atom. The van der Waals surface area contributed by atoms with E-state index in [4.69, 9.17) is 15.2 Å². The first kappa shape index (κ1) is 13.2. The number of hydrogen-bond acceptors (Lipinski definition) is 3. The molecule has 1 aromatic rings. The Kier molecular flexibility index (Phi) is 3.81. The van der Waals surface area contributed by atoms with Crippen LogP contribution in [-0.2, 0) is 5.54 Å². The molecule has 0 heterocycles. The van der Waals surface area contributed by atoms with E-state index in [1.54, 1.807) is 14.2 Å². The number of benzene rings is 1. The van der Waals surface area contributed by atoms with Crippen molar-refractivity contribution in [2.45, 2.75) is 38.1 Å². The van der Waals surface area contributed by atoms with Gasteiger partial charge in [-0.15, -0.1) is 0 Å². The highest BCUT2D eigenvalue weighted by Crippen LogP contribution is 2.45. The summed E-state index contributed by atoms with van der Waals surface area (Å²) in [6.07, 6.45) is 4.46. The highest BCUT2D eigenvalue weighted by Gasteiger charge is 2.38. The van der Waals surface area contributed by atoms with Crippen molar-refractivity contribution in [1.82, 2.24) is 0 Å². The van der Waals surface area contributed by atoms with Crippen molar-refractivity contribution < 1.29 is 9.47 Å². The summed E-state index contributed by atoms with van der Waals surface area (Å²) in [5.74, 6) is 2.44. The van der Waals surface area contributed by atoms with E-state index in [1.165, 1.54) is 12.8 Å². The SMILES string of the molecule is CCC1CCC(N)(c2cc(OC)ccc2OC)C1. The maximum absolute atomic E-state index is 6.61. The topological polar surface area (TPSA) is 44.5 Å². The Labute approximate surface area is 109 Å². The van der Waals surface area contributed by atoms with Crippen LogP contribution >= 0.6 is 0 Å². The van der Waals surface area contributed by atoms with Crippen molar-refractivity contribution in [3.05, 3.63) is 23.8 Å². The van der Waals surface area contributed by atoms with E-state index in [2.05, 4.69) is 6.92 Å². The summed E-state index contributed by atoms with van der Waals surface area (Å²) in [6.45, 7) is 2.24. The van der Waals surface area contributed by atoms with Crippen molar-refractivity contribution in [2.24, 2.45) is 11.7 Å². The number of ether oxygens (including phenoxy) is 2. The lowest BCUT2D eigenvalue weighted by molar-refractivity contribution is 0.364. The minimum Gasteiger partial charge on any atom is -0.497 e. The monoisotopic (exact) mass is 249 g/mol. The van der Waals surface area contributed by atoms with Crippen LogP contribution in [0.25, 0.3) is 0 Å². The molecular formula is C15H23NO2. The lowest BCUT2D eigenvalue weighted by Crippen LogP contribution is -2.34. The summed E-state index contributed by atoms with van der Waals surface area (Å²) < 4.78 is 10.8. The lowest BCUT2D eigenvalue weighted by atomic mass is 9.87. The Bertz CT molecular complexity index is 419. The molecule has 1 aromatic carbocycles. The van der Waals surface area contributed by atoms with Crippen LogP contribution in [0.1, 0.15) is 38.2 Å². The van der Waals surface area contributed by atoms with E-state index in [-0.39, 0.29) is 5.54 Å². The molecule has 1 saturated carbocycles. The predicted molar refractivity (Wildman–Crippen MR) is 73.0 cm³/mol. The van der Waals surface area contributed by atoms with Crippen molar-refractivity contribution >= 4 is 0 Å². The zero-order chi connectivity index (χ0) is 13.2. The third-order valence-electron chi connectivity index (χ3n) is 4.17. The fraction of sp³-hybridized carbons (Fsp3) is 0.600. The molecule has 2 unspecified atom stereocenters. The van der Waals surface area contributed by atoms with Crippen molar-refractivity contribution in [3.8, 4) is 11.5 Å². The molecule has 18 heavy (non-hydrogen) atoms. The van der Waals surface area contributed by atoms with Gasteiger partial charge in [0.05, 0.1) is 14.2 Å². The Morgan fingerprint density at radius 1 is 1.33 bits per heavy atom.